The molecule has 1 saturated heterocycles. The summed E-state index contributed by atoms with van der Waals surface area (Å²) in [6.07, 6.45) is 2.81. The van der Waals surface area contributed by atoms with Gasteiger partial charge >= 0.3 is 0 Å². The van der Waals surface area contributed by atoms with E-state index in [0.717, 1.165) is 25.1 Å². The minimum atomic E-state index is 0. The highest BCUT2D eigenvalue weighted by atomic mass is 35.5. The van der Waals surface area contributed by atoms with Crippen LogP contribution in [-0.2, 0) is 11.2 Å². The lowest BCUT2D eigenvalue weighted by Crippen LogP contribution is -2.34. The van der Waals surface area contributed by atoms with E-state index in [9.17, 15) is 4.79 Å². The predicted octanol–water partition coefficient (Wildman–Crippen LogP) is 3.00. The fraction of sp³-hybridized carbons (Fsp3) is 0.421. The third kappa shape index (κ3) is 3.08. The fourth-order valence-corrected chi connectivity index (χ4v) is 4.15. The lowest BCUT2D eigenvalue weighted by atomic mass is 9.98. The molecule has 3 atom stereocenters. The Hall–Kier alpha value is -1.58. The lowest BCUT2D eigenvalue weighted by Gasteiger charge is -2.19. The van der Waals surface area contributed by atoms with Gasteiger partial charge in [-0.1, -0.05) is 42.5 Å². The van der Waals surface area contributed by atoms with Gasteiger partial charge in [0.1, 0.15) is 0 Å². The molecule has 3 unspecified atom stereocenters. The van der Waals surface area contributed by atoms with Crippen LogP contribution in [-0.4, -0.2) is 29.9 Å². The Morgan fingerprint density at radius 3 is 2.65 bits per heavy atom. The number of nitrogens with two attached hydrogens (primary N) is 1. The molecule has 0 radical (unpaired) electrons. The highest BCUT2D eigenvalue weighted by molar-refractivity contribution is 5.86. The van der Waals surface area contributed by atoms with Crippen molar-refractivity contribution in [3.63, 3.8) is 0 Å². The number of fused-ring (bicyclic) bond motifs is 2. The first-order chi connectivity index (χ1) is 10.7. The van der Waals surface area contributed by atoms with E-state index >= 15 is 0 Å². The smallest absolute Gasteiger partial charge is 0.227 e. The summed E-state index contributed by atoms with van der Waals surface area (Å²) in [7, 11) is 0. The molecule has 2 aliphatic rings. The summed E-state index contributed by atoms with van der Waals surface area (Å²) >= 11 is 0. The zero-order valence-corrected chi connectivity index (χ0v) is 14.0. The first-order valence-corrected chi connectivity index (χ1v) is 8.22. The maximum absolute atomic E-state index is 12.6. The third-order valence-corrected chi connectivity index (χ3v) is 5.43. The number of rotatable bonds is 2. The SMILES string of the molecule is Cl.NC1CCC2CN(C(=O)Cc3ccc4ccccc4c3)CC12. The molecule has 2 N–H and O–H groups in total. The number of amides is 1. The van der Waals surface area contributed by atoms with Crippen LogP contribution in [0.25, 0.3) is 10.8 Å². The van der Waals surface area contributed by atoms with Crippen LogP contribution in [0.2, 0.25) is 0 Å². The van der Waals surface area contributed by atoms with Crippen molar-refractivity contribution in [2.75, 3.05) is 13.1 Å². The molecule has 4 heteroatoms. The first kappa shape index (κ1) is 16.3. The van der Waals surface area contributed by atoms with Crippen molar-refractivity contribution in [2.24, 2.45) is 17.6 Å². The molecule has 1 saturated carbocycles. The van der Waals surface area contributed by atoms with Crippen molar-refractivity contribution < 1.29 is 4.79 Å². The van der Waals surface area contributed by atoms with E-state index in [0.29, 0.717) is 24.3 Å². The van der Waals surface area contributed by atoms with Crippen LogP contribution in [0.15, 0.2) is 42.5 Å². The van der Waals surface area contributed by atoms with Crippen molar-refractivity contribution in [1.82, 2.24) is 4.90 Å². The zero-order valence-electron chi connectivity index (χ0n) is 13.2. The van der Waals surface area contributed by atoms with Crippen molar-refractivity contribution in [2.45, 2.75) is 25.3 Å². The highest BCUT2D eigenvalue weighted by Gasteiger charge is 2.42. The molecule has 2 aromatic carbocycles. The number of benzene rings is 2. The maximum Gasteiger partial charge on any atom is 0.227 e. The number of nitrogens with zero attached hydrogens (tertiary/aromatic N) is 1. The largest absolute Gasteiger partial charge is 0.342 e. The molecule has 1 amide bonds. The van der Waals surface area contributed by atoms with Crippen LogP contribution in [0.3, 0.4) is 0 Å². The van der Waals surface area contributed by atoms with Crippen molar-refractivity contribution in [1.29, 1.82) is 0 Å². The minimum Gasteiger partial charge on any atom is -0.342 e. The molecule has 1 aliphatic carbocycles. The fourth-order valence-electron chi connectivity index (χ4n) is 4.15. The normalized spacial score (nSPS) is 26.1. The molecule has 2 aromatic rings. The van der Waals surface area contributed by atoms with Crippen LogP contribution < -0.4 is 5.73 Å². The molecule has 0 aromatic heterocycles. The van der Waals surface area contributed by atoms with Gasteiger partial charge in [0.15, 0.2) is 0 Å². The van der Waals surface area contributed by atoms with Gasteiger partial charge in [0, 0.05) is 19.1 Å². The number of hydrogen-bond donors (Lipinski definition) is 1. The Morgan fingerprint density at radius 2 is 1.87 bits per heavy atom. The van der Waals surface area contributed by atoms with E-state index in [2.05, 4.69) is 30.3 Å². The molecule has 23 heavy (non-hydrogen) atoms. The second kappa shape index (κ2) is 6.50. The van der Waals surface area contributed by atoms with Gasteiger partial charge in [-0.15, -0.1) is 12.4 Å². The van der Waals surface area contributed by atoms with Crippen LogP contribution in [0, 0.1) is 11.8 Å². The van der Waals surface area contributed by atoms with Gasteiger partial charge in [0.25, 0.3) is 0 Å². The van der Waals surface area contributed by atoms with Crippen molar-refractivity contribution in [3.8, 4) is 0 Å². The summed E-state index contributed by atoms with van der Waals surface area (Å²) < 4.78 is 0. The summed E-state index contributed by atoms with van der Waals surface area (Å²) in [6, 6.07) is 14.9. The third-order valence-electron chi connectivity index (χ3n) is 5.43. The van der Waals surface area contributed by atoms with Crippen molar-refractivity contribution in [3.05, 3.63) is 48.0 Å². The van der Waals surface area contributed by atoms with E-state index < -0.39 is 0 Å². The highest BCUT2D eigenvalue weighted by Crippen LogP contribution is 2.37. The van der Waals surface area contributed by atoms with Gasteiger partial charge in [0.05, 0.1) is 6.42 Å². The van der Waals surface area contributed by atoms with Gasteiger partial charge in [-0.05, 0) is 41.0 Å². The molecule has 3 nitrogen and oxygen atoms in total. The van der Waals surface area contributed by atoms with Crippen LogP contribution in [0.1, 0.15) is 18.4 Å². The Morgan fingerprint density at radius 1 is 1.09 bits per heavy atom. The Balaban J connectivity index is 0.00000156. The Bertz CT molecular complexity index is 717. The molecule has 122 valence electrons. The van der Waals surface area contributed by atoms with E-state index in [-0.39, 0.29) is 18.3 Å². The summed E-state index contributed by atoms with van der Waals surface area (Å²) in [5.74, 6) is 1.41. The monoisotopic (exact) mass is 330 g/mol. The molecular formula is C19H23ClN2O. The minimum absolute atomic E-state index is 0. The number of carbonyl (C=O) groups excluding carboxylic acids is 1. The quantitative estimate of drug-likeness (QED) is 0.920. The number of halogens is 1. The van der Waals surface area contributed by atoms with E-state index in [1.165, 1.54) is 17.2 Å². The second-order valence-electron chi connectivity index (χ2n) is 6.82. The molecule has 2 fully saturated rings. The van der Waals surface area contributed by atoms with E-state index in [1.807, 2.05) is 17.0 Å². The summed E-state index contributed by atoms with van der Waals surface area (Å²) in [6.45, 7) is 1.77. The second-order valence-corrected chi connectivity index (χ2v) is 6.82. The van der Waals surface area contributed by atoms with E-state index in [1.54, 1.807) is 0 Å². The first-order valence-electron chi connectivity index (χ1n) is 8.22. The predicted molar refractivity (Wildman–Crippen MR) is 95.7 cm³/mol. The van der Waals surface area contributed by atoms with Crippen LogP contribution in [0.4, 0.5) is 0 Å². The Kier molecular flexibility index (Phi) is 4.60. The topological polar surface area (TPSA) is 46.3 Å². The van der Waals surface area contributed by atoms with E-state index in [4.69, 9.17) is 5.73 Å². The zero-order chi connectivity index (χ0) is 15.1. The maximum atomic E-state index is 12.6. The Labute approximate surface area is 143 Å². The standard InChI is InChI=1S/C19H22N2O.ClH/c20-18-8-7-16-11-21(12-17(16)18)19(22)10-13-5-6-14-3-1-2-4-15(14)9-13;/h1-6,9,16-18H,7-8,10-12,20H2;1H. The van der Waals surface area contributed by atoms with Crippen LogP contribution in [0.5, 0.6) is 0 Å². The summed E-state index contributed by atoms with van der Waals surface area (Å²) in [5, 5.41) is 2.42. The molecule has 0 bridgehead atoms. The number of hydrogen-bond acceptors (Lipinski definition) is 2. The molecular weight excluding hydrogens is 308 g/mol. The van der Waals surface area contributed by atoms with Crippen LogP contribution >= 0.6 is 12.4 Å². The average molecular weight is 331 g/mol. The summed E-state index contributed by atoms with van der Waals surface area (Å²) in [4.78, 5) is 14.6. The van der Waals surface area contributed by atoms with Gasteiger partial charge < -0.3 is 10.6 Å². The number of likely N-dealkylation sites (tertiary alicyclic amines) is 1. The average Bonchev–Trinajstić information content (AvgIpc) is 3.10. The lowest BCUT2D eigenvalue weighted by molar-refractivity contribution is -0.129. The van der Waals surface area contributed by atoms with Gasteiger partial charge in [-0.2, -0.15) is 0 Å². The van der Waals surface area contributed by atoms with Gasteiger partial charge in [-0.3, -0.25) is 4.79 Å². The molecule has 4 rings (SSSR count). The van der Waals surface area contributed by atoms with Gasteiger partial charge in [0.2, 0.25) is 5.91 Å². The molecule has 1 aliphatic heterocycles. The van der Waals surface area contributed by atoms with Crippen molar-refractivity contribution >= 4 is 29.1 Å². The summed E-state index contributed by atoms with van der Waals surface area (Å²) in [5.41, 5.74) is 7.26. The van der Waals surface area contributed by atoms with Gasteiger partial charge in [-0.25, -0.2) is 0 Å². The number of carbonyl (C=O) groups is 1. The molecule has 0 spiro atoms. The molecule has 1 heterocycles.